The van der Waals surface area contributed by atoms with Crippen LogP contribution in [0.1, 0.15) is 20.8 Å². The SMILES string of the molecule is CC(C)C(C)NCCn1cnc2c(cnn2C)c1=O. The minimum absolute atomic E-state index is 0.0305. The van der Waals surface area contributed by atoms with Gasteiger partial charge in [-0.1, -0.05) is 13.8 Å². The van der Waals surface area contributed by atoms with Gasteiger partial charge in [-0.25, -0.2) is 4.98 Å². The Hall–Kier alpha value is -1.69. The van der Waals surface area contributed by atoms with Crippen LogP contribution in [-0.4, -0.2) is 31.9 Å². The summed E-state index contributed by atoms with van der Waals surface area (Å²) in [6.45, 7) is 7.87. The fraction of sp³-hybridized carbons (Fsp3) is 0.615. The molecule has 2 heterocycles. The van der Waals surface area contributed by atoms with Crippen LogP contribution in [0.2, 0.25) is 0 Å². The minimum Gasteiger partial charge on any atom is -0.312 e. The summed E-state index contributed by atoms with van der Waals surface area (Å²) < 4.78 is 3.24. The van der Waals surface area contributed by atoms with E-state index in [9.17, 15) is 4.79 Å². The molecule has 6 nitrogen and oxygen atoms in total. The maximum absolute atomic E-state index is 12.2. The van der Waals surface area contributed by atoms with Crippen molar-refractivity contribution in [3.63, 3.8) is 0 Å². The van der Waals surface area contributed by atoms with E-state index in [1.54, 1.807) is 28.8 Å². The van der Waals surface area contributed by atoms with Gasteiger partial charge < -0.3 is 5.32 Å². The molecule has 1 atom stereocenters. The average molecular weight is 263 g/mol. The molecule has 0 amide bonds. The molecular weight excluding hydrogens is 242 g/mol. The van der Waals surface area contributed by atoms with E-state index in [1.165, 1.54) is 0 Å². The van der Waals surface area contributed by atoms with Crippen molar-refractivity contribution >= 4 is 11.0 Å². The number of aromatic nitrogens is 4. The molecule has 104 valence electrons. The second-order valence-electron chi connectivity index (χ2n) is 5.24. The molecule has 2 aromatic rings. The Morgan fingerprint density at radius 1 is 1.37 bits per heavy atom. The summed E-state index contributed by atoms with van der Waals surface area (Å²) in [5.41, 5.74) is 0.599. The second-order valence-corrected chi connectivity index (χ2v) is 5.24. The first-order chi connectivity index (χ1) is 9.00. The Bertz CT molecular complexity index is 613. The van der Waals surface area contributed by atoms with Gasteiger partial charge in [0.1, 0.15) is 11.7 Å². The van der Waals surface area contributed by atoms with Crippen molar-refractivity contribution in [2.75, 3.05) is 6.54 Å². The summed E-state index contributed by atoms with van der Waals surface area (Å²) in [7, 11) is 1.78. The van der Waals surface area contributed by atoms with Gasteiger partial charge in [0.15, 0.2) is 5.65 Å². The smallest absolute Gasteiger partial charge is 0.264 e. The van der Waals surface area contributed by atoms with Crippen molar-refractivity contribution in [3.8, 4) is 0 Å². The zero-order valence-electron chi connectivity index (χ0n) is 11.9. The van der Waals surface area contributed by atoms with Crippen LogP contribution in [-0.2, 0) is 13.6 Å². The lowest BCUT2D eigenvalue weighted by Gasteiger charge is -2.17. The molecule has 0 bridgehead atoms. The third-order valence-electron chi connectivity index (χ3n) is 3.54. The van der Waals surface area contributed by atoms with Gasteiger partial charge in [0.2, 0.25) is 0 Å². The molecule has 0 aliphatic carbocycles. The molecule has 1 unspecified atom stereocenters. The topological polar surface area (TPSA) is 64.7 Å². The third-order valence-corrected chi connectivity index (χ3v) is 3.54. The normalized spacial score (nSPS) is 13.3. The summed E-state index contributed by atoms with van der Waals surface area (Å²) in [6.07, 6.45) is 3.17. The van der Waals surface area contributed by atoms with Gasteiger partial charge >= 0.3 is 0 Å². The molecule has 0 saturated heterocycles. The number of hydrogen-bond acceptors (Lipinski definition) is 4. The Kier molecular flexibility index (Phi) is 3.99. The van der Waals surface area contributed by atoms with Gasteiger partial charge in [-0.15, -0.1) is 0 Å². The monoisotopic (exact) mass is 263 g/mol. The van der Waals surface area contributed by atoms with E-state index in [2.05, 4.69) is 36.2 Å². The number of nitrogens with zero attached hydrogens (tertiary/aromatic N) is 4. The molecule has 1 N–H and O–H groups in total. The van der Waals surface area contributed by atoms with Crippen LogP contribution in [0.5, 0.6) is 0 Å². The van der Waals surface area contributed by atoms with Crippen LogP contribution in [0.4, 0.5) is 0 Å². The van der Waals surface area contributed by atoms with E-state index in [1.807, 2.05) is 0 Å². The Balaban J connectivity index is 2.09. The molecule has 2 rings (SSSR count). The maximum Gasteiger partial charge on any atom is 0.264 e. The van der Waals surface area contributed by atoms with E-state index in [0.717, 1.165) is 6.54 Å². The second kappa shape index (κ2) is 5.52. The maximum atomic E-state index is 12.2. The minimum atomic E-state index is -0.0305. The van der Waals surface area contributed by atoms with Gasteiger partial charge in [-0.05, 0) is 12.8 Å². The lowest BCUT2D eigenvalue weighted by Crippen LogP contribution is -2.35. The highest BCUT2D eigenvalue weighted by molar-refractivity contribution is 5.72. The van der Waals surface area contributed by atoms with Crippen molar-refractivity contribution in [2.45, 2.75) is 33.4 Å². The van der Waals surface area contributed by atoms with Crippen molar-refractivity contribution < 1.29 is 0 Å². The summed E-state index contributed by atoms with van der Waals surface area (Å²) in [5, 5.41) is 8.03. The van der Waals surface area contributed by atoms with Crippen molar-refractivity contribution in [2.24, 2.45) is 13.0 Å². The summed E-state index contributed by atoms with van der Waals surface area (Å²) >= 11 is 0. The van der Waals surface area contributed by atoms with Gasteiger partial charge in [0, 0.05) is 26.2 Å². The first kappa shape index (κ1) is 13.7. The van der Waals surface area contributed by atoms with E-state index in [0.29, 0.717) is 29.5 Å². The fourth-order valence-corrected chi connectivity index (χ4v) is 1.87. The highest BCUT2D eigenvalue weighted by Gasteiger charge is 2.09. The largest absolute Gasteiger partial charge is 0.312 e. The Labute approximate surface area is 112 Å². The molecule has 0 radical (unpaired) electrons. The van der Waals surface area contributed by atoms with Crippen LogP contribution >= 0.6 is 0 Å². The van der Waals surface area contributed by atoms with Crippen LogP contribution < -0.4 is 10.9 Å². The molecular formula is C13H21N5O. The number of nitrogens with one attached hydrogen (secondary N) is 1. The molecule has 19 heavy (non-hydrogen) atoms. The Morgan fingerprint density at radius 3 is 2.79 bits per heavy atom. The van der Waals surface area contributed by atoms with Crippen molar-refractivity contribution in [1.29, 1.82) is 0 Å². The first-order valence-electron chi connectivity index (χ1n) is 6.61. The molecule has 6 heteroatoms. The zero-order chi connectivity index (χ0) is 14.0. The van der Waals surface area contributed by atoms with Gasteiger partial charge in [0.05, 0.1) is 6.20 Å². The number of rotatable bonds is 5. The molecule has 2 aromatic heterocycles. The lowest BCUT2D eigenvalue weighted by atomic mass is 10.1. The standard InChI is InChI=1S/C13H21N5O/c1-9(2)10(3)14-5-6-18-8-15-12-11(13(18)19)7-16-17(12)4/h7-10,14H,5-6H2,1-4H3. The van der Waals surface area contributed by atoms with E-state index in [-0.39, 0.29) is 5.56 Å². The van der Waals surface area contributed by atoms with Gasteiger partial charge in [-0.3, -0.25) is 14.0 Å². The van der Waals surface area contributed by atoms with Crippen LogP contribution in [0, 0.1) is 5.92 Å². The van der Waals surface area contributed by atoms with Crippen molar-refractivity contribution in [1.82, 2.24) is 24.6 Å². The molecule has 0 fully saturated rings. The molecule has 0 aliphatic rings. The van der Waals surface area contributed by atoms with Crippen molar-refractivity contribution in [3.05, 3.63) is 22.9 Å². The third kappa shape index (κ3) is 2.84. The van der Waals surface area contributed by atoms with E-state index < -0.39 is 0 Å². The quantitative estimate of drug-likeness (QED) is 0.865. The van der Waals surface area contributed by atoms with Gasteiger partial charge in [-0.2, -0.15) is 5.10 Å². The Morgan fingerprint density at radius 2 is 2.11 bits per heavy atom. The molecule has 0 spiro atoms. The molecule has 0 aromatic carbocycles. The summed E-state index contributed by atoms with van der Waals surface area (Å²) in [4.78, 5) is 16.5. The number of fused-ring (bicyclic) bond motifs is 1. The fourth-order valence-electron chi connectivity index (χ4n) is 1.87. The van der Waals surface area contributed by atoms with Gasteiger partial charge in [0.25, 0.3) is 5.56 Å². The molecule has 0 aliphatic heterocycles. The number of hydrogen-bond donors (Lipinski definition) is 1. The highest BCUT2D eigenvalue weighted by Crippen LogP contribution is 2.03. The van der Waals surface area contributed by atoms with Crippen LogP contribution in [0.25, 0.3) is 11.0 Å². The highest BCUT2D eigenvalue weighted by atomic mass is 16.1. The van der Waals surface area contributed by atoms with Crippen LogP contribution in [0.15, 0.2) is 17.3 Å². The first-order valence-corrected chi connectivity index (χ1v) is 6.61. The number of aryl methyl sites for hydroxylation is 1. The molecule has 0 saturated carbocycles. The predicted octanol–water partition coefficient (Wildman–Crippen LogP) is 0.764. The lowest BCUT2D eigenvalue weighted by molar-refractivity contribution is 0.415. The van der Waals surface area contributed by atoms with E-state index in [4.69, 9.17) is 0 Å². The summed E-state index contributed by atoms with van der Waals surface area (Å²) in [5.74, 6) is 0.579. The van der Waals surface area contributed by atoms with Crippen LogP contribution in [0.3, 0.4) is 0 Å². The summed E-state index contributed by atoms with van der Waals surface area (Å²) in [6, 6.07) is 0.436. The average Bonchev–Trinajstić information content (AvgIpc) is 2.74. The van der Waals surface area contributed by atoms with E-state index >= 15 is 0 Å². The zero-order valence-corrected chi connectivity index (χ0v) is 11.9. The predicted molar refractivity (Wildman–Crippen MR) is 75.1 cm³/mol.